The summed E-state index contributed by atoms with van der Waals surface area (Å²) in [5.74, 6) is 0.847. The van der Waals surface area contributed by atoms with Crippen molar-refractivity contribution in [3.8, 4) is 0 Å². The maximum Gasteiger partial charge on any atom is 0.186 e. The molecule has 0 spiro atoms. The molecular formula is C13H20N2OS. The molecule has 0 bridgehead atoms. The van der Waals surface area contributed by atoms with Gasteiger partial charge in [-0.15, -0.1) is 0 Å². The van der Waals surface area contributed by atoms with Crippen LogP contribution in [0.15, 0.2) is 0 Å². The van der Waals surface area contributed by atoms with Crippen molar-refractivity contribution in [2.45, 2.75) is 46.6 Å². The second-order valence-corrected chi connectivity index (χ2v) is 6.13. The summed E-state index contributed by atoms with van der Waals surface area (Å²) in [6.45, 7) is 9.13. The second-order valence-electron chi connectivity index (χ2n) is 5.15. The number of carbonyl (C=O) groups excluding carboxylic acids is 1. The quantitative estimate of drug-likeness (QED) is 0.757. The van der Waals surface area contributed by atoms with E-state index < -0.39 is 0 Å². The predicted molar refractivity (Wildman–Crippen MR) is 72.1 cm³/mol. The zero-order chi connectivity index (χ0) is 12.6. The number of nitrogens with zero attached hydrogens (tertiary/aromatic N) is 2. The van der Waals surface area contributed by atoms with E-state index in [-0.39, 0.29) is 5.78 Å². The lowest BCUT2D eigenvalue weighted by Gasteiger charge is -2.36. The van der Waals surface area contributed by atoms with Gasteiger partial charge >= 0.3 is 0 Å². The minimum atomic E-state index is 0.129. The van der Waals surface area contributed by atoms with Crippen molar-refractivity contribution in [2.75, 3.05) is 11.4 Å². The molecule has 1 aliphatic heterocycles. The van der Waals surface area contributed by atoms with Crippen molar-refractivity contribution in [3.63, 3.8) is 0 Å². The molecule has 2 heterocycles. The van der Waals surface area contributed by atoms with E-state index in [9.17, 15) is 4.79 Å². The standard InChI is InChI=1S/C13H20N2OS/c1-8-5-6-9(2)15(7-8)13-14-10(3)12(17-13)11(4)16/h8-9H,5-7H2,1-4H3. The molecule has 2 rings (SSSR count). The highest BCUT2D eigenvalue weighted by atomic mass is 32.1. The van der Waals surface area contributed by atoms with Crippen LogP contribution in [0.25, 0.3) is 0 Å². The summed E-state index contributed by atoms with van der Waals surface area (Å²) < 4.78 is 0. The smallest absolute Gasteiger partial charge is 0.186 e. The third kappa shape index (κ3) is 2.51. The zero-order valence-corrected chi connectivity index (χ0v) is 11.8. The largest absolute Gasteiger partial charge is 0.345 e. The van der Waals surface area contributed by atoms with Crippen LogP contribution in [-0.4, -0.2) is 23.4 Å². The first-order chi connectivity index (χ1) is 7.99. The lowest BCUT2D eigenvalue weighted by molar-refractivity contribution is 0.102. The van der Waals surface area contributed by atoms with Gasteiger partial charge in [0, 0.05) is 19.5 Å². The summed E-state index contributed by atoms with van der Waals surface area (Å²) in [5, 5.41) is 1.02. The number of carbonyl (C=O) groups is 1. The molecule has 94 valence electrons. The van der Waals surface area contributed by atoms with Crippen molar-refractivity contribution in [3.05, 3.63) is 10.6 Å². The summed E-state index contributed by atoms with van der Waals surface area (Å²) in [5.41, 5.74) is 0.878. The summed E-state index contributed by atoms with van der Waals surface area (Å²) >= 11 is 1.55. The topological polar surface area (TPSA) is 33.2 Å². The molecule has 3 nitrogen and oxygen atoms in total. The van der Waals surface area contributed by atoms with Crippen LogP contribution in [-0.2, 0) is 0 Å². The van der Waals surface area contributed by atoms with Gasteiger partial charge in [0.15, 0.2) is 10.9 Å². The summed E-state index contributed by atoms with van der Waals surface area (Å²) in [4.78, 5) is 19.2. The molecule has 17 heavy (non-hydrogen) atoms. The molecule has 2 unspecified atom stereocenters. The molecule has 0 N–H and O–H groups in total. The highest BCUT2D eigenvalue weighted by molar-refractivity contribution is 7.17. The van der Waals surface area contributed by atoms with Crippen molar-refractivity contribution >= 4 is 22.3 Å². The van der Waals surface area contributed by atoms with Crippen molar-refractivity contribution in [1.82, 2.24) is 4.98 Å². The Bertz CT molecular complexity index is 427. The summed E-state index contributed by atoms with van der Waals surface area (Å²) in [7, 11) is 0. The lowest BCUT2D eigenvalue weighted by atomic mass is 9.96. The Kier molecular flexibility index (Phi) is 3.52. The Morgan fingerprint density at radius 3 is 2.71 bits per heavy atom. The van der Waals surface area contributed by atoms with E-state index in [0.29, 0.717) is 6.04 Å². The Hall–Kier alpha value is -0.900. The third-order valence-electron chi connectivity index (χ3n) is 3.47. The number of ketones is 1. The number of anilines is 1. The number of hydrogen-bond donors (Lipinski definition) is 0. The molecule has 0 radical (unpaired) electrons. The number of hydrogen-bond acceptors (Lipinski definition) is 4. The van der Waals surface area contributed by atoms with Gasteiger partial charge in [-0.05, 0) is 32.6 Å². The van der Waals surface area contributed by atoms with Gasteiger partial charge < -0.3 is 4.90 Å². The van der Waals surface area contributed by atoms with E-state index in [0.717, 1.165) is 28.2 Å². The van der Waals surface area contributed by atoms with Crippen LogP contribution < -0.4 is 4.90 Å². The van der Waals surface area contributed by atoms with Gasteiger partial charge in [0.25, 0.3) is 0 Å². The molecule has 2 atom stereocenters. The molecule has 1 fully saturated rings. The Labute approximate surface area is 107 Å². The van der Waals surface area contributed by atoms with Crippen LogP contribution >= 0.6 is 11.3 Å². The van der Waals surface area contributed by atoms with Gasteiger partial charge in [0.05, 0.1) is 10.6 Å². The van der Waals surface area contributed by atoms with Crippen LogP contribution in [0.2, 0.25) is 0 Å². The van der Waals surface area contributed by atoms with E-state index in [1.165, 1.54) is 12.8 Å². The molecule has 4 heteroatoms. The molecule has 0 aliphatic carbocycles. The number of thiazole rings is 1. The number of rotatable bonds is 2. The highest BCUT2D eigenvalue weighted by Gasteiger charge is 2.26. The molecule has 1 aliphatic rings. The Balaban J connectivity index is 2.26. The van der Waals surface area contributed by atoms with Gasteiger partial charge in [-0.3, -0.25) is 4.79 Å². The van der Waals surface area contributed by atoms with E-state index in [2.05, 4.69) is 23.7 Å². The molecule has 0 amide bonds. The third-order valence-corrected chi connectivity index (χ3v) is 4.76. The SMILES string of the molecule is CC(=O)c1sc(N2CC(C)CCC2C)nc1C. The maximum absolute atomic E-state index is 11.5. The average molecular weight is 252 g/mol. The molecule has 0 saturated carbocycles. The highest BCUT2D eigenvalue weighted by Crippen LogP contribution is 2.32. The number of aromatic nitrogens is 1. The van der Waals surface area contributed by atoms with Crippen LogP contribution in [0.3, 0.4) is 0 Å². The molecule has 1 aromatic heterocycles. The summed E-state index contributed by atoms with van der Waals surface area (Å²) in [6, 6.07) is 0.538. The molecule has 1 saturated heterocycles. The van der Waals surface area contributed by atoms with Gasteiger partial charge in [-0.25, -0.2) is 4.98 Å². The van der Waals surface area contributed by atoms with Crippen molar-refractivity contribution in [1.29, 1.82) is 0 Å². The summed E-state index contributed by atoms with van der Waals surface area (Å²) in [6.07, 6.45) is 2.51. The van der Waals surface area contributed by atoms with E-state index >= 15 is 0 Å². The van der Waals surface area contributed by atoms with Crippen LogP contribution in [0.4, 0.5) is 5.13 Å². The van der Waals surface area contributed by atoms with Crippen LogP contribution in [0.1, 0.15) is 49.0 Å². The minimum absolute atomic E-state index is 0.129. The fraction of sp³-hybridized carbons (Fsp3) is 0.692. The van der Waals surface area contributed by atoms with Crippen LogP contribution in [0.5, 0.6) is 0 Å². The van der Waals surface area contributed by atoms with E-state index in [1.54, 1.807) is 18.3 Å². The molecule has 0 aromatic carbocycles. The molecule has 1 aromatic rings. The second kappa shape index (κ2) is 4.77. The van der Waals surface area contributed by atoms with Crippen LogP contribution in [0, 0.1) is 12.8 Å². The van der Waals surface area contributed by atoms with Crippen molar-refractivity contribution in [2.24, 2.45) is 5.92 Å². The maximum atomic E-state index is 11.5. The molecular weight excluding hydrogens is 232 g/mol. The van der Waals surface area contributed by atoms with Crippen molar-refractivity contribution < 1.29 is 4.79 Å². The first-order valence-electron chi connectivity index (χ1n) is 6.24. The Morgan fingerprint density at radius 1 is 1.41 bits per heavy atom. The first kappa shape index (κ1) is 12.6. The normalized spacial score (nSPS) is 25.1. The van der Waals surface area contributed by atoms with E-state index in [4.69, 9.17) is 0 Å². The fourth-order valence-corrected chi connectivity index (χ4v) is 3.46. The first-order valence-corrected chi connectivity index (χ1v) is 7.05. The van der Waals surface area contributed by atoms with Gasteiger partial charge in [-0.1, -0.05) is 18.3 Å². The number of Topliss-reactive ketones (excluding diaryl/α,β-unsaturated/α-hetero) is 1. The predicted octanol–water partition coefficient (Wildman–Crippen LogP) is 3.28. The average Bonchev–Trinajstić information content (AvgIpc) is 2.64. The minimum Gasteiger partial charge on any atom is -0.345 e. The number of aryl methyl sites for hydroxylation is 1. The van der Waals surface area contributed by atoms with Gasteiger partial charge in [-0.2, -0.15) is 0 Å². The zero-order valence-electron chi connectivity index (χ0n) is 11.0. The Morgan fingerprint density at radius 2 is 2.12 bits per heavy atom. The van der Waals surface area contributed by atoms with Gasteiger partial charge in [0.2, 0.25) is 0 Å². The lowest BCUT2D eigenvalue weighted by Crippen LogP contribution is -2.41. The number of piperidine rings is 1. The van der Waals surface area contributed by atoms with E-state index in [1.807, 2.05) is 6.92 Å². The van der Waals surface area contributed by atoms with Gasteiger partial charge in [0.1, 0.15) is 0 Å². The monoisotopic (exact) mass is 252 g/mol. The fourth-order valence-electron chi connectivity index (χ4n) is 2.39.